The summed E-state index contributed by atoms with van der Waals surface area (Å²) in [7, 11) is 2.01. The van der Waals surface area contributed by atoms with Gasteiger partial charge >= 0.3 is 0 Å². The second kappa shape index (κ2) is 2.92. The zero-order valence-corrected chi connectivity index (χ0v) is 8.63. The maximum absolute atomic E-state index is 4.37. The average molecular weight is 166 g/mol. The Morgan fingerprint density at radius 3 is 2.33 bits per heavy atom. The van der Waals surface area contributed by atoms with Crippen molar-refractivity contribution in [3.05, 3.63) is 18.2 Å². The van der Waals surface area contributed by atoms with E-state index < -0.39 is 0 Å². The topological polar surface area (TPSA) is 17.8 Å². The fourth-order valence-electron chi connectivity index (χ4n) is 1.04. The Morgan fingerprint density at radius 2 is 2.00 bits per heavy atom. The molecule has 0 radical (unpaired) electrons. The third kappa shape index (κ3) is 1.52. The van der Waals surface area contributed by atoms with Gasteiger partial charge in [0.1, 0.15) is 0 Å². The molecule has 1 aromatic rings. The molecule has 0 fully saturated rings. The SMILES string of the molecule is CC(C)C(C)(C)c1cn(C)cn1. The summed E-state index contributed by atoms with van der Waals surface area (Å²) in [5.41, 5.74) is 1.36. The van der Waals surface area contributed by atoms with Crippen LogP contribution in [0.15, 0.2) is 12.5 Å². The molecule has 68 valence electrons. The van der Waals surface area contributed by atoms with Crippen LogP contribution >= 0.6 is 0 Å². The highest BCUT2D eigenvalue weighted by Crippen LogP contribution is 2.29. The van der Waals surface area contributed by atoms with E-state index in [2.05, 4.69) is 38.9 Å². The quantitative estimate of drug-likeness (QED) is 0.659. The van der Waals surface area contributed by atoms with Crippen molar-refractivity contribution in [1.82, 2.24) is 9.55 Å². The van der Waals surface area contributed by atoms with E-state index >= 15 is 0 Å². The summed E-state index contributed by atoms with van der Waals surface area (Å²) in [6.07, 6.45) is 3.96. The van der Waals surface area contributed by atoms with E-state index in [0.717, 1.165) is 0 Å². The minimum atomic E-state index is 0.182. The van der Waals surface area contributed by atoms with Crippen LogP contribution in [0.2, 0.25) is 0 Å². The third-order valence-electron chi connectivity index (χ3n) is 2.81. The molecule has 0 unspecified atom stereocenters. The summed E-state index contributed by atoms with van der Waals surface area (Å²) in [6.45, 7) is 8.93. The molecule has 0 spiro atoms. The first-order chi connectivity index (χ1) is 5.44. The maximum Gasteiger partial charge on any atom is 0.0947 e. The molecule has 0 N–H and O–H groups in total. The van der Waals surface area contributed by atoms with Crippen LogP contribution in [0, 0.1) is 5.92 Å². The van der Waals surface area contributed by atoms with Crippen LogP contribution in [0.4, 0.5) is 0 Å². The minimum Gasteiger partial charge on any atom is -0.340 e. The zero-order chi connectivity index (χ0) is 9.35. The lowest BCUT2D eigenvalue weighted by atomic mass is 9.79. The van der Waals surface area contributed by atoms with Gasteiger partial charge in [-0.15, -0.1) is 0 Å². The standard InChI is InChI=1S/C10H18N2/c1-8(2)10(3,4)9-6-12(5)7-11-9/h6-8H,1-5H3. The normalized spacial score (nSPS) is 12.5. The van der Waals surface area contributed by atoms with Crippen molar-refractivity contribution in [2.45, 2.75) is 33.1 Å². The van der Waals surface area contributed by atoms with E-state index in [4.69, 9.17) is 0 Å². The van der Waals surface area contributed by atoms with Crippen molar-refractivity contribution in [1.29, 1.82) is 0 Å². The Kier molecular flexibility index (Phi) is 2.27. The van der Waals surface area contributed by atoms with Crippen molar-refractivity contribution < 1.29 is 0 Å². The lowest BCUT2D eigenvalue weighted by Gasteiger charge is -2.26. The van der Waals surface area contributed by atoms with Crippen molar-refractivity contribution in [2.24, 2.45) is 13.0 Å². The van der Waals surface area contributed by atoms with E-state index in [9.17, 15) is 0 Å². The fraction of sp³-hybridized carbons (Fsp3) is 0.700. The highest BCUT2D eigenvalue weighted by molar-refractivity contribution is 5.11. The van der Waals surface area contributed by atoms with E-state index in [-0.39, 0.29) is 5.41 Å². The van der Waals surface area contributed by atoms with Gasteiger partial charge in [0.05, 0.1) is 12.0 Å². The van der Waals surface area contributed by atoms with Crippen LogP contribution < -0.4 is 0 Å². The van der Waals surface area contributed by atoms with Crippen molar-refractivity contribution in [3.63, 3.8) is 0 Å². The molecule has 0 saturated heterocycles. The van der Waals surface area contributed by atoms with E-state index in [1.54, 1.807) is 0 Å². The first kappa shape index (κ1) is 9.30. The Hall–Kier alpha value is -0.790. The summed E-state index contributed by atoms with van der Waals surface area (Å²) >= 11 is 0. The van der Waals surface area contributed by atoms with Gasteiger partial charge in [-0.2, -0.15) is 0 Å². The Labute approximate surface area is 74.6 Å². The molecule has 0 bridgehead atoms. The summed E-state index contributed by atoms with van der Waals surface area (Å²) in [5.74, 6) is 0.618. The molecular formula is C10H18N2. The predicted octanol–water partition coefficient (Wildman–Crippen LogP) is 2.35. The first-order valence-corrected chi connectivity index (χ1v) is 4.43. The van der Waals surface area contributed by atoms with Gasteiger partial charge in [0.2, 0.25) is 0 Å². The van der Waals surface area contributed by atoms with Gasteiger partial charge in [-0.25, -0.2) is 4.98 Å². The molecule has 1 aromatic heterocycles. The molecule has 1 rings (SSSR count). The molecular weight excluding hydrogens is 148 g/mol. The molecule has 0 aliphatic heterocycles. The maximum atomic E-state index is 4.37. The fourth-order valence-corrected chi connectivity index (χ4v) is 1.04. The number of imidazole rings is 1. The molecule has 0 saturated carbocycles. The van der Waals surface area contributed by atoms with Crippen LogP contribution in [0.5, 0.6) is 0 Å². The lowest BCUT2D eigenvalue weighted by molar-refractivity contribution is 0.363. The number of nitrogens with zero attached hydrogens (tertiary/aromatic N) is 2. The van der Waals surface area contributed by atoms with Crippen LogP contribution in [-0.4, -0.2) is 9.55 Å². The highest BCUT2D eigenvalue weighted by Gasteiger charge is 2.26. The molecule has 2 heteroatoms. The van der Waals surface area contributed by atoms with Gasteiger partial charge in [-0.1, -0.05) is 27.7 Å². The first-order valence-electron chi connectivity index (χ1n) is 4.43. The second-order valence-corrected chi connectivity index (χ2v) is 4.30. The van der Waals surface area contributed by atoms with Crippen molar-refractivity contribution in [3.8, 4) is 0 Å². The predicted molar refractivity (Wildman–Crippen MR) is 51.1 cm³/mol. The van der Waals surface area contributed by atoms with Crippen LogP contribution in [-0.2, 0) is 12.5 Å². The number of hydrogen-bond donors (Lipinski definition) is 0. The van der Waals surface area contributed by atoms with Gasteiger partial charge in [-0.05, 0) is 5.92 Å². The second-order valence-electron chi connectivity index (χ2n) is 4.30. The number of rotatable bonds is 2. The molecule has 12 heavy (non-hydrogen) atoms. The smallest absolute Gasteiger partial charge is 0.0947 e. The van der Waals surface area contributed by atoms with Gasteiger partial charge in [-0.3, -0.25) is 0 Å². The largest absolute Gasteiger partial charge is 0.340 e. The van der Waals surface area contributed by atoms with Gasteiger partial charge in [0.15, 0.2) is 0 Å². The third-order valence-corrected chi connectivity index (χ3v) is 2.81. The Morgan fingerprint density at radius 1 is 1.42 bits per heavy atom. The molecule has 0 aromatic carbocycles. The number of aryl methyl sites for hydroxylation is 1. The zero-order valence-electron chi connectivity index (χ0n) is 8.63. The van der Waals surface area contributed by atoms with E-state index in [0.29, 0.717) is 5.92 Å². The summed E-state index contributed by atoms with van der Waals surface area (Å²) < 4.78 is 2.00. The van der Waals surface area contributed by atoms with Gasteiger partial charge < -0.3 is 4.57 Å². The molecule has 0 amide bonds. The van der Waals surface area contributed by atoms with Crippen molar-refractivity contribution in [2.75, 3.05) is 0 Å². The van der Waals surface area contributed by atoms with E-state index in [1.807, 2.05) is 17.9 Å². The molecule has 2 nitrogen and oxygen atoms in total. The molecule has 0 aliphatic carbocycles. The number of aromatic nitrogens is 2. The van der Waals surface area contributed by atoms with Gasteiger partial charge in [0.25, 0.3) is 0 Å². The van der Waals surface area contributed by atoms with Crippen LogP contribution in [0.3, 0.4) is 0 Å². The lowest BCUT2D eigenvalue weighted by Crippen LogP contribution is -2.24. The van der Waals surface area contributed by atoms with Crippen LogP contribution in [0.1, 0.15) is 33.4 Å². The highest BCUT2D eigenvalue weighted by atomic mass is 15.0. The summed E-state index contributed by atoms with van der Waals surface area (Å²) in [6, 6.07) is 0. The average Bonchev–Trinajstić information content (AvgIpc) is 2.35. The molecule has 1 heterocycles. The van der Waals surface area contributed by atoms with E-state index in [1.165, 1.54) is 5.69 Å². The summed E-state index contributed by atoms with van der Waals surface area (Å²) in [5, 5.41) is 0. The minimum absolute atomic E-state index is 0.182. The van der Waals surface area contributed by atoms with Crippen LogP contribution in [0.25, 0.3) is 0 Å². The molecule has 0 atom stereocenters. The van der Waals surface area contributed by atoms with Crippen molar-refractivity contribution >= 4 is 0 Å². The number of hydrogen-bond acceptors (Lipinski definition) is 1. The molecule has 0 aliphatic rings. The van der Waals surface area contributed by atoms with Gasteiger partial charge in [0, 0.05) is 18.7 Å². The Balaban J connectivity index is 2.97. The summed E-state index contributed by atoms with van der Waals surface area (Å²) in [4.78, 5) is 4.37. The monoisotopic (exact) mass is 166 g/mol. The Bertz CT molecular complexity index is 259.